The Hall–Kier alpha value is -2.49. The number of benzene rings is 2. The van der Waals surface area contributed by atoms with Gasteiger partial charge in [0.2, 0.25) is 10.0 Å². The molecule has 0 unspecified atom stereocenters. The van der Waals surface area contributed by atoms with Crippen molar-refractivity contribution in [1.82, 2.24) is 0 Å². The number of hydrogen-bond donors (Lipinski definition) is 1. The Balaban J connectivity index is 2.06. The highest BCUT2D eigenvalue weighted by Crippen LogP contribution is 2.29. The molecule has 0 heterocycles. The quantitative estimate of drug-likeness (QED) is 0.459. The molecule has 10 heteroatoms. The van der Waals surface area contributed by atoms with Crippen LogP contribution in [0.5, 0.6) is 5.75 Å². The molecule has 0 saturated carbocycles. The molecule has 2 N–H and O–H groups in total. The van der Waals surface area contributed by atoms with E-state index in [1.807, 2.05) is 0 Å². The van der Waals surface area contributed by atoms with Crippen LogP contribution in [0.15, 0.2) is 46.3 Å². The monoisotopic (exact) mass is 382 g/mol. The zero-order valence-corrected chi connectivity index (χ0v) is 14.3. The molecule has 0 atom stereocenters. The lowest BCUT2D eigenvalue weighted by atomic mass is 10.1. The first-order valence-corrected chi connectivity index (χ1v) is 8.87. The van der Waals surface area contributed by atoms with Crippen LogP contribution in [0.2, 0.25) is 5.02 Å². The number of nitro benzene ring substituents is 1. The van der Waals surface area contributed by atoms with E-state index in [2.05, 4.69) is 4.99 Å². The third-order valence-electron chi connectivity index (χ3n) is 3.27. The molecule has 0 saturated heterocycles. The van der Waals surface area contributed by atoms with Crippen LogP contribution >= 0.6 is 11.6 Å². The van der Waals surface area contributed by atoms with Crippen molar-refractivity contribution in [2.24, 2.45) is 10.1 Å². The van der Waals surface area contributed by atoms with Crippen molar-refractivity contribution >= 4 is 33.5 Å². The highest BCUT2D eigenvalue weighted by Gasteiger charge is 2.11. The second kappa shape index (κ2) is 7.60. The van der Waals surface area contributed by atoms with E-state index in [-0.39, 0.29) is 15.5 Å². The van der Waals surface area contributed by atoms with Crippen molar-refractivity contribution in [1.29, 1.82) is 0 Å². The van der Waals surface area contributed by atoms with Crippen LogP contribution < -0.4 is 10.2 Å². The predicted molar refractivity (Wildman–Crippen MR) is 91.5 cm³/mol. The Morgan fingerprint density at radius 3 is 2.44 bits per heavy atom. The molecule has 0 amide bonds. The van der Waals surface area contributed by atoms with E-state index in [1.165, 1.54) is 24.4 Å². The number of sulfonamides is 1. The summed E-state index contributed by atoms with van der Waals surface area (Å²) in [6.45, 7) is 0.300. The van der Waals surface area contributed by atoms with Gasteiger partial charge in [0.1, 0.15) is 0 Å². The molecule has 2 rings (SSSR count). The average Bonchev–Trinajstić information content (AvgIpc) is 2.53. The van der Waals surface area contributed by atoms with Gasteiger partial charge < -0.3 is 5.11 Å². The maximum Gasteiger partial charge on any atom is 0.263 e. The second-order valence-corrected chi connectivity index (χ2v) is 7.07. The third-order valence-corrected chi connectivity index (χ3v) is 4.42. The van der Waals surface area contributed by atoms with Gasteiger partial charge in [-0.15, -0.1) is 0 Å². The Bertz CT molecular complexity index is 927. The fourth-order valence-electron chi connectivity index (χ4n) is 2.03. The van der Waals surface area contributed by atoms with Crippen molar-refractivity contribution in [2.45, 2.75) is 11.3 Å². The predicted octanol–water partition coefficient (Wildman–Crippen LogP) is 1.63. The van der Waals surface area contributed by atoms with Crippen LogP contribution in [-0.2, 0) is 16.4 Å². The molecule has 0 fully saturated rings. The molecule has 0 aromatic heterocycles. The standard InChI is InChI=1S/C15H14ClN3O5S/c16-12-7-11(15(20)14(8-12)19(21)22)9-18-6-5-10-1-3-13(4-2-10)25(17,23)24/h1-4,7-9,20H,5-6H2,(H2,17,23,24)/p-1. The highest BCUT2D eigenvalue weighted by molar-refractivity contribution is 7.89. The van der Waals surface area contributed by atoms with Gasteiger partial charge in [-0.1, -0.05) is 23.7 Å². The molecule has 0 bridgehead atoms. The zero-order valence-electron chi connectivity index (χ0n) is 12.8. The number of rotatable bonds is 6. The number of primary sulfonamides is 1. The number of nitro groups is 1. The third kappa shape index (κ3) is 4.99. The Labute approximate surface area is 148 Å². The zero-order chi connectivity index (χ0) is 18.6. The van der Waals surface area contributed by atoms with Gasteiger partial charge in [-0.25, -0.2) is 13.6 Å². The lowest BCUT2D eigenvalue weighted by Crippen LogP contribution is -2.11. The van der Waals surface area contributed by atoms with E-state index in [1.54, 1.807) is 12.1 Å². The van der Waals surface area contributed by atoms with Gasteiger partial charge in [-0.05, 0) is 41.5 Å². The highest BCUT2D eigenvalue weighted by atomic mass is 35.5. The molecule has 25 heavy (non-hydrogen) atoms. The van der Waals surface area contributed by atoms with E-state index < -0.39 is 26.4 Å². The number of nitrogens with zero attached hydrogens (tertiary/aromatic N) is 2. The van der Waals surface area contributed by atoms with Gasteiger partial charge in [0.05, 0.1) is 9.82 Å². The number of nitrogens with two attached hydrogens (primary N) is 1. The first kappa shape index (κ1) is 18.8. The summed E-state index contributed by atoms with van der Waals surface area (Å²) >= 11 is 5.76. The number of hydrogen-bond acceptors (Lipinski definition) is 6. The molecular weight excluding hydrogens is 370 g/mol. The normalized spacial score (nSPS) is 11.8. The van der Waals surface area contributed by atoms with Crippen LogP contribution in [0.25, 0.3) is 0 Å². The first-order valence-electron chi connectivity index (χ1n) is 6.95. The van der Waals surface area contributed by atoms with Gasteiger partial charge >= 0.3 is 0 Å². The lowest BCUT2D eigenvalue weighted by Gasteiger charge is -2.10. The van der Waals surface area contributed by atoms with Crippen molar-refractivity contribution in [3.05, 3.63) is 62.7 Å². The van der Waals surface area contributed by atoms with Crippen molar-refractivity contribution in [2.75, 3.05) is 6.54 Å². The summed E-state index contributed by atoms with van der Waals surface area (Å²) in [6.07, 6.45) is 1.72. The smallest absolute Gasteiger partial charge is 0.263 e. The first-order chi connectivity index (χ1) is 11.7. The van der Waals surface area contributed by atoms with Crippen LogP contribution in [-0.4, -0.2) is 26.1 Å². The maximum atomic E-state index is 11.9. The number of halogens is 1. The van der Waals surface area contributed by atoms with E-state index in [0.717, 1.165) is 11.6 Å². The topological polar surface area (TPSA) is 139 Å². The van der Waals surface area contributed by atoms with E-state index in [0.29, 0.717) is 13.0 Å². The van der Waals surface area contributed by atoms with Gasteiger partial charge in [-0.3, -0.25) is 15.1 Å². The molecule has 0 radical (unpaired) electrons. The Morgan fingerprint density at radius 2 is 1.88 bits per heavy atom. The van der Waals surface area contributed by atoms with Gasteiger partial charge in [0.25, 0.3) is 5.69 Å². The van der Waals surface area contributed by atoms with E-state index in [9.17, 15) is 23.6 Å². The molecule has 132 valence electrons. The van der Waals surface area contributed by atoms with Gasteiger partial charge in [0, 0.05) is 23.8 Å². The molecular formula is C15H13ClN3O5S-. The molecule has 0 aliphatic heterocycles. The minimum atomic E-state index is -3.73. The minimum absolute atomic E-state index is 0.0157. The lowest BCUT2D eigenvalue weighted by molar-refractivity contribution is -0.398. The van der Waals surface area contributed by atoms with Crippen molar-refractivity contribution < 1.29 is 18.4 Å². The summed E-state index contributed by atoms with van der Waals surface area (Å²) in [5.74, 6) is -0.754. The molecule has 0 aliphatic rings. The SMILES string of the molecule is NS(=O)(=O)c1ccc(CCN=Cc2cc(Cl)cc([N+](=O)[O-])c2[O-])cc1. The maximum absolute atomic E-state index is 11.9. The summed E-state index contributed by atoms with van der Waals surface area (Å²) in [7, 11) is -3.73. The largest absolute Gasteiger partial charge is 0.867 e. The van der Waals surface area contributed by atoms with Gasteiger partial charge in [-0.2, -0.15) is 0 Å². The molecule has 2 aromatic carbocycles. The fourth-order valence-corrected chi connectivity index (χ4v) is 2.77. The Kier molecular flexibility index (Phi) is 5.73. The Morgan fingerprint density at radius 1 is 1.24 bits per heavy atom. The summed E-state index contributed by atoms with van der Waals surface area (Å²) in [5, 5.41) is 27.8. The van der Waals surface area contributed by atoms with E-state index >= 15 is 0 Å². The fraction of sp³-hybridized carbons (Fsp3) is 0.133. The van der Waals surface area contributed by atoms with Gasteiger partial charge in [0.15, 0.2) is 0 Å². The second-order valence-electron chi connectivity index (χ2n) is 5.07. The van der Waals surface area contributed by atoms with Crippen molar-refractivity contribution in [3.63, 3.8) is 0 Å². The summed E-state index contributed by atoms with van der Waals surface area (Å²) in [4.78, 5) is 14.1. The van der Waals surface area contributed by atoms with Crippen LogP contribution in [0.1, 0.15) is 11.1 Å². The van der Waals surface area contributed by atoms with E-state index in [4.69, 9.17) is 16.7 Å². The summed E-state index contributed by atoms with van der Waals surface area (Å²) < 4.78 is 22.3. The van der Waals surface area contributed by atoms with Crippen LogP contribution in [0.3, 0.4) is 0 Å². The molecule has 8 nitrogen and oxygen atoms in total. The molecule has 0 spiro atoms. The summed E-state index contributed by atoms with van der Waals surface area (Å²) in [6, 6.07) is 8.31. The minimum Gasteiger partial charge on any atom is -0.867 e. The van der Waals surface area contributed by atoms with Crippen LogP contribution in [0.4, 0.5) is 5.69 Å². The van der Waals surface area contributed by atoms with Crippen molar-refractivity contribution in [3.8, 4) is 5.75 Å². The van der Waals surface area contributed by atoms with Crippen LogP contribution in [0, 0.1) is 10.1 Å². The number of aliphatic imine (C=N–C) groups is 1. The average molecular weight is 383 g/mol. The molecule has 0 aliphatic carbocycles. The molecule has 2 aromatic rings. The summed E-state index contributed by atoms with van der Waals surface area (Å²) in [5.41, 5.74) is 0.250.